The van der Waals surface area contributed by atoms with E-state index in [9.17, 15) is 13.2 Å². The number of carbonyl (C=O) groups excluding carboxylic acids is 1. The fourth-order valence-electron chi connectivity index (χ4n) is 2.41. The zero-order valence-electron chi connectivity index (χ0n) is 15.1. The lowest BCUT2D eigenvalue weighted by Gasteiger charge is -2.13. The summed E-state index contributed by atoms with van der Waals surface area (Å²) in [6.07, 6.45) is 0.681. The summed E-state index contributed by atoms with van der Waals surface area (Å²) in [5.41, 5.74) is 0.980. The molecular formula is C19H23ClN2O4S. The summed E-state index contributed by atoms with van der Waals surface area (Å²) >= 11 is 6.04. The Hall–Kier alpha value is -2.09. The number of halogens is 1. The zero-order chi connectivity index (χ0) is 19.7. The minimum Gasteiger partial charge on any atom is -0.382 e. The van der Waals surface area contributed by atoms with Crippen LogP contribution in [0.4, 0.5) is 5.69 Å². The van der Waals surface area contributed by atoms with Crippen molar-refractivity contribution in [2.75, 3.05) is 24.5 Å². The van der Waals surface area contributed by atoms with E-state index in [2.05, 4.69) is 10.0 Å². The molecule has 2 N–H and O–H groups in total. The van der Waals surface area contributed by atoms with Gasteiger partial charge in [-0.2, -0.15) is 0 Å². The molecule has 0 unspecified atom stereocenters. The van der Waals surface area contributed by atoms with Crippen LogP contribution in [-0.4, -0.2) is 34.1 Å². The van der Waals surface area contributed by atoms with Crippen LogP contribution in [0, 0.1) is 0 Å². The molecule has 0 aliphatic carbocycles. The molecule has 146 valence electrons. The summed E-state index contributed by atoms with van der Waals surface area (Å²) < 4.78 is 32.7. The number of anilines is 1. The van der Waals surface area contributed by atoms with Crippen molar-refractivity contribution in [1.82, 2.24) is 5.32 Å². The fourth-order valence-corrected chi connectivity index (χ4v) is 3.94. The Labute approximate surface area is 164 Å². The highest BCUT2D eigenvalue weighted by Gasteiger charge is 2.18. The molecule has 27 heavy (non-hydrogen) atoms. The average Bonchev–Trinajstić information content (AvgIpc) is 2.63. The first-order chi connectivity index (χ1) is 12.9. The molecule has 0 aromatic heterocycles. The SMILES string of the molecule is CCOCCCNC(=O)c1ccccc1NS(=O)(=O)Cc1ccccc1Cl. The van der Waals surface area contributed by atoms with Crippen LogP contribution in [0.15, 0.2) is 48.5 Å². The van der Waals surface area contributed by atoms with Crippen molar-refractivity contribution >= 4 is 33.2 Å². The van der Waals surface area contributed by atoms with Crippen LogP contribution < -0.4 is 10.0 Å². The largest absolute Gasteiger partial charge is 0.382 e. The topological polar surface area (TPSA) is 84.5 Å². The van der Waals surface area contributed by atoms with Crippen molar-refractivity contribution in [3.8, 4) is 0 Å². The molecule has 2 rings (SSSR count). The Morgan fingerprint density at radius 1 is 1.11 bits per heavy atom. The number of sulfonamides is 1. The Kier molecular flexibility index (Phi) is 8.09. The van der Waals surface area contributed by atoms with Crippen LogP contribution in [0.1, 0.15) is 29.3 Å². The molecule has 0 fully saturated rings. The smallest absolute Gasteiger partial charge is 0.253 e. The zero-order valence-corrected chi connectivity index (χ0v) is 16.6. The van der Waals surface area contributed by atoms with E-state index in [0.717, 1.165) is 0 Å². The van der Waals surface area contributed by atoms with E-state index in [4.69, 9.17) is 16.3 Å². The van der Waals surface area contributed by atoms with E-state index in [1.807, 2.05) is 6.92 Å². The van der Waals surface area contributed by atoms with Crippen LogP contribution >= 0.6 is 11.6 Å². The van der Waals surface area contributed by atoms with Crippen LogP contribution in [0.5, 0.6) is 0 Å². The highest BCUT2D eigenvalue weighted by atomic mass is 35.5. The number of rotatable bonds is 10. The standard InChI is InChI=1S/C19H23ClN2O4S/c1-2-26-13-7-12-21-19(23)16-9-4-6-11-18(16)22-27(24,25)14-15-8-3-5-10-17(15)20/h3-6,8-11,22H,2,7,12-14H2,1H3,(H,21,23). The molecule has 0 radical (unpaired) electrons. The highest BCUT2D eigenvalue weighted by Crippen LogP contribution is 2.21. The minimum atomic E-state index is -3.73. The van der Waals surface area contributed by atoms with Gasteiger partial charge in [-0.05, 0) is 37.1 Å². The predicted octanol–water partition coefficient (Wildman–Crippen LogP) is 3.44. The van der Waals surface area contributed by atoms with Gasteiger partial charge in [0, 0.05) is 24.8 Å². The van der Waals surface area contributed by atoms with Crippen molar-refractivity contribution in [2.24, 2.45) is 0 Å². The molecule has 0 bridgehead atoms. The monoisotopic (exact) mass is 410 g/mol. The van der Waals surface area contributed by atoms with Gasteiger partial charge in [0.15, 0.2) is 0 Å². The van der Waals surface area contributed by atoms with Gasteiger partial charge in [0.05, 0.1) is 17.0 Å². The number of para-hydroxylation sites is 1. The summed E-state index contributed by atoms with van der Waals surface area (Å²) in [6, 6.07) is 13.2. The molecule has 2 aromatic rings. The molecule has 0 heterocycles. The van der Waals surface area contributed by atoms with E-state index in [1.54, 1.807) is 48.5 Å². The van der Waals surface area contributed by atoms with Gasteiger partial charge >= 0.3 is 0 Å². The van der Waals surface area contributed by atoms with E-state index in [0.29, 0.717) is 36.8 Å². The van der Waals surface area contributed by atoms with Gasteiger partial charge in [-0.25, -0.2) is 8.42 Å². The van der Waals surface area contributed by atoms with Gasteiger partial charge in [0.1, 0.15) is 0 Å². The highest BCUT2D eigenvalue weighted by molar-refractivity contribution is 7.91. The van der Waals surface area contributed by atoms with Gasteiger partial charge in [-0.15, -0.1) is 0 Å². The second-order valence-corrected chi connectivity index (χ2v) is 7.93. The number of carbonyl (C=O) groups is 1. The maximum absolute atomic E-state index is 12.5. The van der Waals surface area contributed by atoms with Gasteiger partial charge in [-0.1, -0.05) is 41.9 Å². The first kappa shape index (κ1) is 21.2. The maximum Gasteiger partial charge on any atom is 0.253 e. The molecule has 0 atom stereocenters. The van der Waals surface area contributed by atoms with Crippen molar-refractivity contribution in [2.45, 2.75) is 19.1 Å². The lowest BCUT2D eigenvalue weighted by Crippen LogP contribution is -2.27. The van der Waals surface area contributed by atoms with Crippen molar-refractivity contribution < 1.29 is 17.9 Å². The molecule has 8 heteroatoms. The Bertz CT molecular complexity index is 872. The molecule has 0 aliphatic rings. The van der Waals surface area contributed by atoms with Crippen molar-refractivity contribution in [3.05, 3.63) is 64.7 Å². The van der Waals surface area contributed by atoms with Crippen LogP contribution in [0.3, 0.4) is 0 Å². The maximum atomic E-state index is 12.5. The van der Waals surface area contributed by atoms with Crippen LogP contribution in [-0.2, 0) is 20.5 Å². The van der Waals surface area contributed by atoms with E-state index < -0.39 is 10.0 Å². The summed E-state index contributed by atoms with van der Waals surface area (Å²) in [5, 5.41) is 3.15. The Morgan fingerprint density at radius 2 is 1.81 bits per heavy atom. The van der Waals surface area contributed by atoms with E-state index in [-0.39, 0.29) is 22.9 Å². The third-order valence-electron chi connectivity index (χ3n) is 3.70. The number of benzene rings is 2. The number of hydrogen-bond acceptors (Lipinski definition) is 4. The summed E-state index contributed by atoms with van der Waals surface area (Å²) in [5.74, 6) is -0.626. The number of amides is 1. The third kappa shape index (κ3) is 6.86. The summed E-state index contributed by atoms with van der Waals surface area (Å²) in [4.78, 5) is 12.4. The second-order valence-electron chi connectivity index (χ2n) is 5.80. The first-order valence-corrected chi connectivity index (χ1v) is 10.6. The van der Waals surface area contributed by atoms with E-state index in [1.165, 1.54) is 0 Å². The lowest BCUT2D eigenvalue weighted by atomic mass is 10.1. The van der Waals surface area contributed by atoms with Crippen molar-refractivity contribution in [1.29, 1.82) is 0 Å². The van der Waals surface area contributed by atoms with Gasteiger partial charge in [0.25, 0.3) is 5.91 Å². The minimum absolute atomic E-state index is 0.229. The van der Waals surface area contributed by atoms with Crippen LogP contribution in [0.2, 0.25) is 5.02 Å². The number of hydrogen-bond donors (Lipinski definition) is 2. The lowest BCUT2D eigenvalue weighted by molar-refractivity contribution is 0.0945. The molecule has 1 amide bonds. The molecule has 0 saturated heterocycles. The quantitative estimate of drug-likeness (QED) is 0.587. The first-order valence-electron chi connectivity index (χ1n) is 8.62. The molecule has 0 saturated carbocycles. The average molecular weight is 411 g/mol. The molecular weight excluding hydrogens is 388 g/mol. The predicted molar refractivity (Wildman–Crippen MR) is 108 cm³/mol. The summed E-state index contributed by atoms with van der Waals surface area (Å²) in [7, 11) is -3.73. The van der Waals surface area contributed by atoms with Gasteiger partial charge < -0.3 is 10.1 Å². The van der Waals surface area contributed by atoms with Crippen LogP contribution in [0.25, 0.3) is 0 Å². The molecule has 6 nitrogen and oxygen atoms in total. The normalized spacial score (nSPS) is 11.2. The van der Waals surface area contributed by atoms with Gasteiger partial charge in [0.2, 0.25) is 10.0 Å². The molecule has 0 spiro atoms. The fraction of sp³-hybridized carbons (Fsp3) is 0.316. The number of ether oxygens (including phenoxy) is 1. The Balaban J connectivity index is 2.06. The molecule has 0 aliphatic heterocycles. The second kappa shape index (κ2) is 10.3. The van der Waals surface area contributed by atoms with Crippen molar-refractivity contribution in [3.63, 3.8) is 0 Å². The Morgan fingerprint density at radius 3 is 2.56 bits per heavy atom. The molecule has 2 aromatic carbocycles. The van der Waals surface area contributed by atoms with Gasteiger partial charge in [-0.3, -0.25) is 9.52 Å². The third-order valence-corrected chi connectivity index (χ3v) is 5.29. The summed E-state index contributed by atoms with van der Waals surface area (Å²) in [6.45, 7) is 3.54. The number of nitrogens with one attached hydrogen (secondary N) is 2. The van der Waals surface area contributed by atoms with E-state index >= 15 is 0 Å².